The molecule has 0 saturated heterocycles. The standard InChI is InChI=1S/C10H15N3O4/c1-3-13(6-10(15)16)5-9(14)11-8-4-7(2)17-12-8/h4H,3,5-6H2,1-2H3,(H,15,16)(H,11,12,14). The molecular formula is C10H15N3O4. The van der Waals surface area contributed by atoms with Crippen LogP contribution in [0.5, 0.6) is 0 Å². The number of hydrogen-bond donors (Lipinski definition) is 2. The Hall–Kier alpha value is -1.89. The van der Waals surface area contributed by atoms with Crippen LogP contribution in [0, 0.1) is 6.92 Å². The normalized spacial score (nSPS) is 10.5. The van der Waals surface area contributed by atoms with Crippen LogP contribution in [-0.4, -0.2) is 46.7 Å². The molecule has 0 radical (unpaired) electrons. The van der Waals surface area contributed by atoms with Gasteiger partial charge in [0.2, 0.25) is 5.91 Å². The number of rotatable bonds is 6. The van der Waals surface area contributed by atoms with Gasteiger partial charge in [0, 0.05) is 6.07 Å². The first kappa shape index (κ1) is 13.2. The molecule has 1 rings (SSSR count). The second-order valence-corrected chi connectivity index (χ2v) is 3.57. The highest BCUT2D eigenvalue weighted by Crippen LogP contribution is 2.06. The topological polar surface area (TPSA) is 95.7 Å². The summed E-state index contributed by atoms with van der Waals surface area (Å²) < 4.78 is 4.79. The highest BCUT2D eigenvalue weighted by Gasteiger charge is 2.13. The highest BCUT2D eigenvalue weighted by atomic mass is 16.5. The third kappa shape index (κ3) is 4.64. The van der Waals surface area contributed by atoms with Gasteiger partial charge in [-0.3, -0.25) is 14.5 Å². The number of aryl methyl sites for hydroxylation is 1. The number of carbonyl (C=O) groups excluding carboxylic acids is 1. The van der Waals surface area contributed by atoms with E-state index in [0.29, 0.717) is 18.1 Å². The lowest BCUT2D eigenvalue weighted by Crippen LogP contribution is -2.36. The van der Waals surface area contributed by atoms with Crippen LogP contribution in [-0.2, 0) is 9.59 Å². The summed E-state index contributed by atoms with van der Waals surface area (Å²) in [5.41, 5.74) is 0. The van der Waals surface area contributed by atoms with Crippen LogP contribution in [0.2, 0.25) is 0 Å². The van der Waals surface area contributed by atoms with Crippen molar-refractivity contribution in [2.75, 3.05) is 25.0 Å². The molecule has 0 aliphatic rings. The van der Waals surface area contributed by atoms with Crippen molar-refractivity contribution in [1.82, 2.24) is 10.1 Å². The van der Waals surface area contributed by atoms with Gasteiger partial charge >= 0.3 is 5.97 Å². The Labute approximate surface area is 98.4 Å². The highest BCUT2D eigenvalue weighted by molar-refractivity contribution is 5.91. The number of nitrogens with zero attached hydrogens (tertiary/aromatic N) is 2. The van der Waals surface area contributed by atoms with E-state index in [4.69, 9.17) is 9.63 Å². The zero-order valence-corrected chi connectivity index (χ0v) is 9.77. The van der Waals surface area contributed by atoms with E-state index in [9.17, 15) is 9.59 Å². The second-order valence-electron chi connectivity index (χ2n) is 3.57. The minimum atomic E-state index is -0.961. The summed E-state index contributed by atoms with van der Waals surface area (Å²) in [4.78, 5) is 23.6. The lowest BCUT2D eigenvalue weighted by atomic mass is 10.4. The number of nitrogens with one attached hydrogen (secondary N) is 1. The van der Waals surface area contributed by atoms with Gasteiger partial charge in [-0.2, -0.15) is 0 Å². The van der Waals surface area contributed by atoms with Gasteiger partial charge in [-0.1, -0.05) is 12.1 Å². The number of hydrogen-bond acceptors (Lipinski definition) is 5. The van der Waals surface area contributed by atoms with Crippen molar-refractivity contribution in [3.05, 3.63) is 11.8 Å². The van der Waals surface area contributed by atoms with Gasteiger partial charge in [0.15, 0.2) is 5.82 Å². The Morgan fingerprint density at radius 1 is 1.53 bits per heavy atom. The predicted octanol–water partition coefficient (Wildman–Crippen LogP) is 0.328. The van der Waals surface area contributed by atoms with Gasteiger partial charge in [0.05, 0.1) is 13.1 Å². The van der Waals surface area contributed by atoms with Crippen molar-refractivity contribution >= 4 is 17.7 Å². The fourth-order valence-electron chi connectivity index (χ4n) is 1.28. The molecule has 1 heterocycles. The van der Waals surface area contributed by atoms with Gasteiger partial charge in [-0.05, 0) is 13.5 Å². The minimum Gasteiger partial charge on any atom is -0.480 e. The quantitative estimate of drug-likeness (QED) is 0.745. The first-order valence-corrected chi connectivity index (χ1v) is 5.18. The van der Waals surface area contributed by atoms with Crippen LogP contribution in [0.1, 0.15) is 12.7 Å². The van der Waals surface area contributed by atoms with E-state index in [0.717, 1.165) is 0 Å². The van der Waals surface area contributed by atoms with E-state index >= 15 is 0 Å². The summed E-state index contributed by atoms with van der Waals surface area (Å²) in [7, 11) is 0. The molecule has 7 heteroatoms. The molecule has 0 aliphatic heterocycles. The fraction of sp³-hybridized carbons (Fsp3) is 0.500. The Morgan fingerprint density at radius 3 is 2.71 bits per heavy atom. The summed E-state index contributed by atoms with van der Waals surface area (Å²) in [6, 6.07) is 1.59. The van der Waals surface area contributed by atoms with Crippen LogP contribution in [0.15, 0.2) is 10.6 Å². The summed E-state index contributed by atoms with van der Waals surface area (Å²) in [5, 5.41) is 14.8. The van der Waals surface area contributed by atoms with Crippen molar-refractivity contribution in [3.63, 3.8) is 0 Å². The molecule has 0 unspecified atom stereocenters. The maximum Gasteiger partial charge on any atom is 0.317 e. The second kappa shape index (κ2) is 6.00. The number of aliphatic carboxylic acids is 1. The molecular weight excluding hydrogens is 226 g/mol. The van der Waals surface area contributed by atoms with Crippen LogP contribution in [0.4, 0.5) is 5.82 Å². The van der Waals surface area contributed by atoms with Gasteiger partial charge < -0.3 is 14.9 Å². The van der Waals surface area contributed by atoms with E-state index in [1.807, 2.05) is 0 Å². The third-order valence-corrected chi connectivity index (χ3v) is 2.07. The molecule has 0 aliphatic carbocycles. The van der Waals surface area contributed by atoms with Crippen LogP contribution >= 0.6 is 0 Å². The number of carboxylic acids is 1. The van der Waals surface area contributed by atoms with Gasteiger partial charge in [0.25, 0.3) is 0 Å². The van der Waals surface area contributed by atoms with Gasteiger partial charge in [-0.25, -0.2) is 0 Å². The van der Waals surface area contributed by atoms with Gasteiger partial charge in [-0.15, -0.1) is 0 Å². The Balaban J connectivity index is 2.45. The number of anilines is 1. The first-order valence-electron chi connectivity index (χ1n) is 5.18. The first-order chi connectivity index (χ1) is 8.01. The van der Waals surface area contributed by atoms with Crippen LogP contribution < -0.4 is 5.32 Å². The molecule has 0 spiro atoms. The van der Waals surface area contributed by atoms with E-state index in [2.05, 4.69) is 10.5 Å². The SMILES string of the molecule is CCN(CC(=O)O)CC(=O)Nc1cc(C)on1. The maximum absolute atomic E-state index is 11.5. The largest absolute Gasteiger partial charge is 0.480 e. The number of likely N-dealkylation sites (N-methyl/N-ethyl adjacent to an activating group) is 1. The third-order valence-electron chi connectivity index (χ3n) is 2.07. The van der Waals surface area contributed by atoms with Crippen LogP contribution in [0.25, 0.3) is 0 Å². The monoisotopic (exact) mass is 241 g/mol. The molecule has 7 nitrogen and oxygen atoms in total. The zero-order valence-electron chi connectivity index (χ0n) is 9.77. The molecule has 1 amide bonds. The lowest BCUT2D eigenvalue weighted by molar-refractivity contribution is -0.138. The zero-order chi connectivity index (χ0) is 12.8. The fourth-order valence-corrected chi connectivity index (χ4v) is 1.28. The summed E-state index contributed by atoms with van der Waals surface area (Å²) in [5.74, 6) is -0.351. The van der Waals surface area contributed by atoms with Crippen molar-refractivity contribution in [2.45, 2.75) is 13.8 Å². The smallest absolute Gasteiger partial charge is 0.317 e. The molecule has 2 N–H and O–H groups in total. The Morgan fingerprint density at radius 2 is 2.24 bits per heavy atom. The molecule has 0 bridgehead atoms. The van der Waals surface area contributed by atoms with E-state index in [-0.39, 0.29) is 19.0 Å². The maximum atomic E-state index is 11.5. The molecule has 0 saturated carbocycles. The van der Waals surface area contributed by atoms with Gasteiger partial charge in [0.1, 0.15) is 5.76 Å². The average molecular weight is 241 g/mol. The van der Waals surface area contributed by atoms with E-state index in [1.54, 1.807) is 19.9 Å². The van der Waals surface area contributed by atoms with Crippen molar-refractivity contribution in [2.24, 2.45) is 0 Å². The van der Waals surface area contributed by atoms with E-state index in [1.165, 1.54) is 4.90 Å². The predicted molar refractivity (Wildman–Crippen MR) is 59.6 cm³/mol. The van der Waals surface area contributed by atoms with Crippen molar-refractivity contribution < 1.29 is 19.2 Å². The minimum absolute atomic E-state index is 0.00864. The Kier molecular flexibility index (Phi) is 4.65. The molecule has 0 fully saturated rings. The number of aromatic nitrogens is 1. The molecule has 1 aromatic heterocycles. The number of carboxylic acid groups (broad SMARTS) is 1. The molecule has 0 aromatic carbocycles. The van der Waals surface area contributed by atoms with Crippen molar-refractivity contribution in [1.29, 1.82) is 0 Å². The molecule has 17 heavy (non-hydrogen) atoms. The van der Waals surface area contributed by atoms with E-state index < -0.39 is 5.97 Å². The lowest BCUT2D eigenvalue weighted by Gasteiger charge is -2.16. The summed E-state index contributed by atoms with van der Waals surface area (Å²) >= 11 is 0. The molecule has 94 valence electrons. The van der Waals surface area contributed by atoms with Crippen molar-refractivity contribution in [3.8, 4) is 0 Å². The number of amides is 1. The van der Waals surface area contributed by atoms with Crippen LogP contribution in [0.3, 0.4) is 0 Å². The number of carbonyl (C=O) groups is 2. The Bertz CT molecular complexity index is 402. The molecule has 0 atom stereocenters. The summed E-state index contributed by atoms with van der Waals surface area (Å²) in [6.45, 7) is 3.83. The average Bonchev–Trinajstić information content (AvgIpc) is 2.62. The molecule has 1 aromatic rings. The summed E-state index contributed by atoms with van der Waals surface area (Å²) in [6.07, 6.45) is 0.